The number of thioether (sulfide) groups is 1. The maximum Gasteiger partial charge on any atom is 0.330 e. The van der Waals surface area contributed by atoms with Crippen molar-refractivity contribution in [1.29, 1.82) is 0 Å². The van der Waals surface area contributed by atoms with Crippen LogP contribution < -0.4 is 0 Å². The molecular formula is C23H30O2S. The highest BCUT2D eigenvalue weighted by atomic mass is 32.2. The Hall–Kier alpha value is -1.74. The van der Waals surface area contributed by atoms with Crippen molar-refractivity contribution in [1.82, 2.24) is 0 Å². The summed E-state index contributed by atoms with van der Waals surface area (Å²) in [5.41, 5.74) is 0.467. The van der Waals surface area contributed by atoms with E-state index in [4.69, 9.17) is 5.11 Å². The minimum Gasteiger partial charge on any atom is -0.478 e. The van der Waals surface area contributed by atoms with E-state index in [1.54, 1.807) is 6.92 Å². The van der Waals surface area contributed by atoms with Gasteiger partial charge < -0.3 is 5.11 Å². The number of hydrogen-bond donors (Lipinski definition) is 1. The molecule has 0 bridgehead atoms. The number of rotatable bonds is 12. The molecule has 2 aromatic rings. The molecule has 0 aliphatic rings. The summed E-state index contributed by atoms with van der Waals surface area (Å²) < 4.78 is 0. The number of fused-ring (bicyclic) bond motifs is 1. The largest absolute Gasteiger partial charge is 0.478 e. The number of aliphatic carboxylic acids is 1. The van der Waals surface area contributed by atoms with Crippen molar-refractivity contribution in [3.05, 3.63) is 54.1 Å². The molecule has 0 fully saturated rings. The molecule has 0 aliphatic carbocycles. The predicted molar refractivity (Wildman–Crippen MR) is 113 cm³/mol. The first-order valence-electron chi connectivity index (χ1n) is 9.68. The van der Waals surface area contributed by atoms with Gasteiger partial charge in [0, 0.05) is 10.5 Å². The van der Waals surface area contributed by atoms with Gasteiger partial charge in [-0.3, -0.25) is 0 Å². The molecule has 0 unspecified atom stereocenters. The lowest BCUT2D eigenvalue weighted by Gasteiger charge is -2.04. The number of benzene rings is 2. The second-order valence-electron chi connectivity index (χ2n) is 6.81. The monoisotopic (exact) mass is 370 g/mol. The van der Waals surface area contributed by atoms with Gasteiger partial charge in [-0.2, -0.15) is 0 Å². The van der Waals surface area contributed by atoms with Gasteiger partial charge in [0.15, 0.2) is 0 Å². The zero-order valence-corrected chi connectivity index (χ0v) is 16.6. The van der Waals surface area contributed by atoms with Gasteiger partial charge >= 0.3 is 5.97 Å². The van der Waals surface area contributed by atoms with Crippen LogP contribution in [0, 0.1) is 0 Å². The molecule has 26 heavy (non-hydrogen) atoms. The minimum absolute atomic E-state index is 0.467. The number of allylic oxidation sites excluding steroid dienone is 1. The van der Waals surface area contributed by atoms with E-state index in [1.165, 1.54) is 59.9 Å². The third-order valence-electron chi connectivity index (χ3n) is 4.63. The molecule has 1 N–H and O–H groups in total. The Morgan fingerprint density at radius 1 is 0.923 bits per heavy atom. The SMILES string of the molecule is CC(=CCCCCCCCCCSc1ccc2ccccc2c1)C(=O)O. The minimum atomic E-state index is -0.799. The smallest absolute Gasteiger partial charge is 0.330 e. The van der Waals surface area contributed by atoms with Crippen molar-refractivity contribution < 1.29 is 9.90 Å². The summed E-state index contributed by atoms with van der Waals surface area (Å²) in [5, 5.41) is 11.4. The van der Waals surface area contributed by atoms with E-state index >= 15 is 0 Å². The quantitative estimate of drug-likeness (QED) is 0.246. The van der Waals surface area contributed by atoms with Gasteiger partial charge in [0.25, 0.3) is 0 Å². The van der Waals surface area contributed by atoms with Crippen LogP contribution in [0.4, 0.5) is 0 Å². The van der Waals surface area contributed by atoms with Gasteiger partial charge in [-0.1, -0.05) is 68.5 Å². The highest BCUT2D eigenvalue weighted by Gasteiger charge is 1.99. The first kappa shape index (κ1) is 20.6. The molecule has 2 rings (SSSR count). The van der Waals surface area contributed by atoms with E-state index < -0.39 is 5.97 Å². The van der Waals surface area contributed by atoms with Gasteiger partial charge in [0.1, 0.15) is 0 Å². The van der Waals surface area contributed by atoms with Crippen molar-refractivity contribution in [2.75, 3.05) is 5.75 Å². The highest BCUT2D eigenvalue weighted by Crippen LogP contribution is 2.24. The Labute approximate surface area is 161 Å². The number of unbranched alkanes of at least 4 members (excludes halogenated alkanes) is 7. The lowest BCUT2D eigenvalue weighted by atomic mass is 10.1. The summed E-state index contributed by atoms with van der Waals surface area (Å²) in [4.78, 5) is 12.0. The Morgan fingerprint density at radius 2 is 1.58 bits per heavy atom. The van der Waals surface area contributed by atoms with E-state index in [2.05, 4.69) is 42.5 Å². The van der Waals surface area contributed by atoms with E-state index in [0.29, 0.717) is 5.57 Å². The molecule has 0 radical (unpaired) electrons. The molecule has 3 heteroatoms. The fraction of sp³-hybridized carbons (Fsp3) is 0.435. The zero-order chi connectivity index (χ0) is 18.6. The Kier molecular flexibility index (Phi) is 9.33. The third-order valence-corrected chi connectivity index (χ3v) is 5.71. The van der Waals surface area contributed by atoms with Crippen molar-refractivity contribution in [3.63, 3.8) is 0 Å². The first-order valence-corrected chi connectivity index (χ1v) is 10.7. The molecule has 0 heterocycles. The summed E-state index contributed by atoms with van der Waals surface area (Å²) >= 11 is 1.96. The summed E-state index contributed by atoms with van der Waals surface area (Å²) in [6.07, 6.45) is 11.5. The van der Waals surface area contributed by atoms with Gasteiger partial charge in [0.2, 0.25) is 0 Å². The van der Waals surface area contributed by atoms with Gasteiger partial charge in [0.05, 0.1) is 0 Å². The van der Waals surface area contributed by atoms with Gasteiger partial charge in [-0.05, 0) is 54.8 Å². The first-order chi connectivity index (χ1) is 12.7. The average molecular weight is 371 g/mol. The fourth-order valence-electron chi connectivity index (χ4n) is 2.98. The van der Waals surface area contributed by atoms with E-state index in [0.717, 1.165) is 12.8 Å². The lowest BCUT2D eigenvalue weighted by molar-refractivity contribution is -0.132. The zero-order valence-electron chi connectivity index (χ0n) is 15.7. The van der Waals surface area contributed by atoms with Crippen LogP contribution in [-0.2, 0) is 4.79 Å². The maximum absolute atomic E-state index is 10.7. The van der Waals surface area contributed by atoms with E-state index in [-0.39, 0.29) is 0 Å². The third kappa shape index (κ3) is 7.65. The molecule has 2 aromatic carbocycles. The molecule has 0 aliphatic heterocycles. The number of carbonyl (C=O) groups is 1. The molecule has 140 valence electrons. The number of hydrogen-bond acceptors (Lipinski definition) is 2. The molecule has 0 aromatic heterocycles. The Morgan fingerprint density at radius 3 is 2.31 bits per heavy atom. The normalized spacial score (nSPS) is 11.8. The maximum atomic E-state index is 10.7. The second-order valence-corrected chi connectivity index (χ2v) is 7.98. The summed E-state index contributed by atoms with van der Waals surface area (Å²) in [7, 11) is 0. The van der Waals surface area contributed by atoms with Crippen LogP contribution in [0.2, 0.25) is 0 Å². The lowest BCUT2D eigenvalue weighted by Crippen LogP contribution is -1.95. The summed E-state index contributed by atoms with van der Waals surface area (Å²) in [6, 6.07) is 15.3. The Balaban J connectivity index is 1.48. The molecule has 0 saturated carbocycles. The van der Waals surface area contributed by atoms with Crippen LogP contribution in [0.15, 0.2) is 59.0 Å². The highest BCUT2D eigenvalue weighted by molar-refractivity contribution is 7.99. The predicted octanol–water partition coefficient (Wildman–Crippen LogP) is 7.08. The van der Waals surface area contributed by atoms with Crippen molar-refractivity contribution in [2.45, 2.75) is 63.2 Å². The van der Waals surface area contributed by atoms with Crippen LogP contribution >= 0.6 is 11.8 Å². The molecule has 0 spiro atoms. The number of carboxylic acid groups (broad SMARTS) is 1. The summed E-state index contributed by atoms with van der Waals surface area (Å²) in [6.45, 7) is 1.66. The van der Waals surface area contributed by atoms with Crippen molar-refractivity contribution in [3.8, 4) is 0 Å². The topological polar surface area (TPSA) is 37.3 Å². The second kappa shape index (κ2) is 11.8. The Bertz CT molecular complexity index is 721. The van der Waals surface area contributed by atoms with Crippen molar-refractivity contribution >= 4 is 28.5 Å². The van der Waals surface area contributed by atoms with E-state index in [1.807, 2.05) is 17.8 Å². The molecule has 0 amide bonds. The van der Waals surface area contributed by atoms with Crippen LogP contribution in [0.3, 0.4) is 0 Å². The van der Waals surface area contributed by atoms with Crippen molar-refractivity contribution in [2.24, 2.45) is 0 Å². The molecule has 0 saturated heterocycles. The van der Waals surface area contributed by atoms with Gasteiger partial charge in [-0.15, -0.1) is 11.8 Å². The number of carboxylic acids is 1. The molecule has 0 atom stereocenters. The average Bonchev–Trinajstić information content (AvgIpc) is 2.65. The fourth-order valence-corrected chi connectivity index (χ4v) is 3.94. The van der Waals surface area contributed by atoms with Crippen LogP contribution in [0.1, 0.15) is 58.3 Å². The van der Waals surface area contributed by atoms with E-state index in [9.17, 15) is 4.79 Å². The molecule has 2 nitrogen and oxygen atoms in total. The molecular weight excluding hydrogens is 340 g/mol. The van der Waals surface area contributed by atoms with Crippen LogP contribution in [-0.4, -0.2) is 16.8 Å². The standard InChI is InChI=1S/C23H30O2S/c1-19(23(24)25)12-8-6-4-2-3-5-7-11-17-26-22-16-15-20-13-9-10-14-21(20)18-22/h9-10,12-16,18H,2-8,11,17H2,1H3,(H,24,25). The van der Waals surface area contributed by atoms with Crippen LogP contribution in [0.5, 0.6) is 0 Å². The van der Waals surface area contributed by atoms with Gasteiger partial charge in [-0.25, -0.2) is 4.79 Å². The van der Waals surface area contributed by atoms with Crippen LogP contribution in [0.25, 0.3) is 10.8 Å². The summed E-state index contributed by atoms with van der Waals surface area (Å²) in [5.74, 6) is 0.393.